The summed E-state index contributed by atoms with van der Waals surface area (Å²) in [6, 6.07) is 0. The molecule has 1 saturated carbocycles. The maximum atomic E-state index is 10.5. The third kappa shape index (κ3) is 6.15. The van der Waals surface area contributed by atoms with Gasteiger partial charge in [-0.05, 0) is 25.3 Å². The number of carboxylic acid groups (broad SMARTS) is 1. The first-order valence-electron chi connectivity index (χ1n) is 9.63. The molecule has 1 aliphatic heterocycles. The molecular weight excluding hydrogens is 320 g/mol. The van der Waals surface area contributed by atoms with Crippen LogP contribution in [0, 0.1) is 11.8 Å². The van der Waals surface area contributed by atoms with Crippen LogP contribution >= 0.6 is 0 Å². The topological polar surface area (TPSA) is 87.0 Å². The van der Waals surface area contributed by atoms with Gasteiger partial charge >= 0.3 is 5.97 Å². The molecule has 25 heavy (non-hydrogen) atoms. The zero-order chi connectivity index (χ0) is 18.2. The molecule has 1 saturated heterocycles. The van der Waals surface area contributed by atoms with Crippen molar-refractivity contribution >= 4 is 5.97 Å². The number of ether oxygens (including phenoxy) is 1. The van der Waals surface area contributed by atoms with Crippen LogP contribution in [0.5, 0.6) is 0 Å². The fourth-order valence-corrected chi connectivity index (χ4v) is 3.86. The summed E-state index contributed by atoms with van der Waals surface area (Å²) < 4.78 is 5.94. The fraction of sp³-hybridized carbons (Fsp3) is 0.750. The molecule has 142 valence electrons. The highest BCUT2D eigenvalue weighted by Crippen LogP contribution is 2.45. The summed E-state index contributed by atoms with van der Waals surface area (Å²) in [7, 11) is 0. The lowest BCUT2D eigenvalue weighted by Gasteiger charge is -2.16. The lowest BCUT2D eigenvalue weighted by atomic mass is 9.90. The average Bonchev–Trinajstić information content (AvgIpc) is 3.06. The zero-order valence-corrected chi connectivity index (χ0v) is 15.1. The van der Waals surface area contributed by atoms with Crippen molar-refractivity contribution in [3.05, 3.63) is 24.0 Å². The number of hydrogen-bond donors (Lipinski definition) is 3. The maximum absolute atomic E-state index is 10.5. The van der Waals surface area contributed by atoms with Crippen LogP contribution in [-0.4, -0.2) is 39.6 Å². The summed E-state index contributed by atoms with van der Waals surface area (Å²) in [6.45, 7) is 2.14. The van der Waals surface area contributed by atoms with Gasteiger partial charge in [0.15, 0.2) is 0 Å². The highest BCUT2D eigenvalue weighted by molar-refractivity contribution is 5.66. The lowest BCUT2D eigenvalue weighted by molar-refractivity contribution is -0.137. The second-order valence-corrected chi connectivity index (χ2v) is 7.31. The van der Waals surface area contributed by atoms with E-state index in [9.17, 15) is 15.0 Å². The minimum absolute atomic E-state index is 0.0238. The Kier molecular flexibility index (Phi) is 7.97. The first-order valence-corrected chi connectivity index (χ1v) is 9.63. The molecule has 0 aromatic carbocycles. The Hall–Kier alpha value is -1.33. The molecular formula is C20H32O5. The summed E-state index contributed by atoms with van der Waals surface area (Å²) >= 11 is 0. The molecule has 5 nitrogen and oxygen atoms in total. The Bertz CT molecular complexity index is 484. The minimum atomic E-state index is -0.770. The molecule has 1 heterocycles. The van der Waals surface area contributed by atoms with Crippen LogP contribution in [0.2, 0.25) is 0 Å². The summed E-state index contributed by atoms with van der Waals surface area (Å²) in [5.74, 6) is 0.429. The number of rotatable bonds is 10. The lowest BCUT2D eigenvalue weighted by Crippen LogP contribution is -2.18. The predicted molar refractivity (Wildman–Crippen MR) is 96.0 cm³/mol. The molecule has 0 spiro atoms. The third-order valence-corrected chi connectivity index (χ3v) is 5.26. The van der Waals surface area contributed by atoms with E-state index in [2.05, 4.69) is 6.92 Å². The molecule has 0 aromatic heterocycles. The van der Waals surface area contributed by atoms with Crippen molar-refractivity contribution in [1.82, 2.24) is 0 Å². The smallest absolute Gasteiger partial charge is 0.303 e. The standard InChI is InChI=1S/C20H32O5/c1-2-3-4-7-14(21)10-11-16-17-12-15(8-5-6-9-20(23)24)25-19(17)13-18(16)22/h8,10-11,14,16-19,21-22H,2-7,9,12-13H2,1H3,(H,23,24)/b11-10+,15-8-/t14-,16?,17+,18+,19?/m0/s1. The Morgan fingerprint density at radius 3 is 2.88 bits per heavy atom. The van der Waals surface area contributed by atoms with E-state index in [0.717, 1.165) is 37.9 Å². The number of fused-ring (bicyclic) bond motifs is 1. The Balaban J connectivity index is 1.83. The van der Waals surface area contributed by atoms with Crippen molar-refractivity contribution in [1.29, 1.82) is 0 Å². The number of aliphatic hydroxyl groups is 2. The van der Waals surface area contributed by atoms with Crippen LogP contribution in [0.25, 0.3) is 0 Å². The number of allylic oxidation sites excluding steroid dienone is 2. The van der Waals surface area contributed by atoms with E-state index < -0.39 is 18.2 Å². The van der Waals surface area contributed by atoms with Crippen molar-refractivity contribution in [3.8, 4) is 0 Å². The van der Waals surface area contributed by atoms with E-state index in [1.54, 1.807) is 0 Å². The monoisotopic (exact) mass is 352 g/mol. The van der Waals surface area contributed by atoms with Gasteiger partial charge in [-0.1, -0.05) is 38.3 Å². The Morgan fingerprint density at radius 2 is 2.16 bits per heavy atom. The van der Waals surface area contributed by atoms with Crippen molar-refractivity contribution in [2.75, 3.05) is 0 Å². The van der Waals surface area contributed by atoms with Gasteiger partial charge in [-0.3, -0.25) is 4.79 Å². The molecule has 5 atom stereocenters. The van der Waals surface area contributed by atoms with Gasteiger partial charge in [0, 0.05) is 31.1 Å². The molecule has 0 radical (unpaired) electrons. The zero-order valence-electron chi connectivity index (χ0n) is 15.1. The van der Waals surface area contributed by atoms with Gasteiger partial charge in [0.1, 0.15) is 6.10 Å². The number of carboxylic acids is 1. The van der Waals surface area contributed by atoms with E-state index >= 15 is 0 Å². The highest BCUT2D eigenvalue weighted by atomic mass is 16.5. The van der Waals surface area contributed by atoms with E-state index in [1.165, 1.54) is 0 Å². The van der Waals surface area contributed by atoms with Gasteiger partial charge in [-0.25, -0.2) is 0 Å². The van der Waals surface area contributed by atoms with Gasteiger partial charge in [-0.2, -0.15) is 0 Å². The molecule has 2 aliphatic rings. The van der Waals surface area contributed by atoms with E-state index in [4.69, 9.17) is 9.84 Å². The molecule has 0 aromatic rings. The number of aliphatic carboxylic acids is 1. The van der Waals surface area contributed by atoms with Crippen LogP contribution in [0.3, 0.4) is 0 Å². The van der Waals surface area contributed by atoms with Crippen molar-refractivity contribution < 1.29 is 24.9 Å². The molecule has 0 bridgehead atoms. The number of unbranched alkanes of at least 4 members (excludes halogenated alkanes) is 3. The fourth-order valence-electron chi connectivity index (χ4n) is 3.86. The van der Waals surface area contributed by atoms with Crippen molar-refractivity contribution in [3.63, 3.8) is 0 Å². The third-order valence-electron chi connectivity index (χ3n) is 5.26. The average molecular weight is 352 g/mol. The first kappa shape index (κ1) is 20.0. The van der Waals surface area contributed by atoms with E-state index in [0.29, 0.717) is 19.3 Å². The van der Waals surface area contributed by atoms with Gasteiger partial charge in [0.05, 0.1) is 18.0 Å². The molecule has 1 aliphatic carbocycles. The van der Waals surface area contributed by atoms with Gasteiger partial charge < -0.3 is 20.1 Å². The summed E-state index contributed by atoms with van der Waals surface area (Å²) in [4.78, 5) is 10.5. The molecule has 0 amide bonds. The Morgan fingerprint density at radius 1 is 1.36 bits per heavy atom. The number of aliphatic hydroxyl groups excluding tert-OH is 2. The van der Waals surface area contributed by atoms with Crippen molar-refractivity contribution in [2.45, 2.75) is 83.0 Å². The molecule has 5 heteroatoms. The Labute approximate surface area is 150 Å². The van der Waals surface area contributed by atoms with Crippen LogP contribution in [0.1, 0.15) is 64.7 Å². The van der Waals surface area contributed by atoms with Gasteiger partial charge in [0.2, 0.25) is 0 Å². The normalized spacial score (nSPS) is 31.4. The SMILES string of the molecule is CCCCC[C@H](O)/C=C/C1[C@H]2C/C(=C/CCCC(=O)O)OC2C[C@H]1O. The highest BCUT2D eigenvalue weighted by Gasteiger charge is 2.46. The first-order chi connectivity index (χ1) is 12.0. The number of carbonyl (C=O) groups is 1. The van der Waals surface area contributed by atoms with Crippen LogP contribution in [0.4, 0.5) is 0 Å². The van der Waals surface area contributed by atoms with Crippen molar-refractivity contribution in [2.24, 2.45) is 11.8 Å². The van der Waals surface area contributed by atoms with Crippen LogP contribution < -0.4 is 0 Å². The second kappa shape index (κ2) is 9.97. The summed E-state index contributed by atoms with van der Waals surface area (Å²) in [5, 5.41) is 29.0. The molecule has 2 rings (SSSR count). The number of hydrogen-bond acceptors (Lipinski definition) is 4. The predicted octanol–water partition coefficient (Wildman–Crippen LogP) is 3.41. The second-order valence-electron chi connectivity index (χ2n) is 7.31. The van der Waals surface area contributed by atoms with E-state index in [-0.39, 0.29) is 24.4 Å². The molecule has 2 unspecified atom stereocenters. The molecule has 2 fully saturated rings. The maximum Gasteiger partial charge on any atom is 0.303 e. The van der Waals surface area contributed by atoms with E-state index in [1.807, 2.05) is 18.2 Å². The van der Waals surface area contributed by atoms with Gasteiger partial charge in [-0.15, -0.1) is 0 Å². The van der Waals surface area contributed by atoms with Crippen LogP contribution in [0.15, 0.2) is 24.0 Å². The molecule has 3 N–H and O–H groups in total. The van der Waals surface area contributed by atoms with Crippen LogP contribution in [-0.2, 0) is 9.53 Å². The summed E-state index contributed by atoms with van der Waals surface area (Å²) in [5.41, 5.74) is 0. The minimum Gasteiger partial charge on any atom is -0.495 e. The quantitative estimate of drug-likeness (QED) is 0.414. The van der Waals surface area contributed by atoms with Gasteiger partial charge in [0.25, 0.3) is 0 Å². The summed E-state index contributed by atoms with van der Waals surface area (Å²) in [6.07, 6.45) is 12.0. The largest absolute Gasteiger partial charge is 0.495 e.